The van der Waals surface area contributed by atoms with Crippen molar-refractivity contribution in [2.45, 2.75) is 44.1 Å². The van der Waals surface area contributed by atoms with Gasteiger partial charge in [-0.15, -0.1) is 24.0 Å². The van der Waals surface area contributed by atoms with E-state index in [0.717, 1.165) is 63.0 Å². The maximum Gasteiger partial charge on any atom is 0.191 e. The predicted molar refractivity (Wildman–Crippen MR) is 120 cm³/mol. The van der Waals surface area contributed by atoms with Crippen LogP contribution in [0, 0.1) is 0 Å². The van der Waals surface area contributed by atoms with Gasteiger partial charge < -0.3 is 15.4 Å². The first kappa shape index (κ1) is 21.5. The molecule has 0 saturated carbocycles. The average molecular weight is 490 g/mol. The normalized spacial score (nSPS) is 19.8. The van der Waals surface area contributed by atoms with E-state index in [2.05, 4.69) is 41.8 Å². The van der Waals surface area contributed by atoms with Gasteiger partial charge in [0.1, 0.15) is 0 Å². The monoisotopic (exact) mass is 489 g/mol. The van der Waals surface area contributed by atoms with Crippen LogP contribution >= 0.6 is 35.6 Å². The molecule has 1 aromatic carbocycles. The molecule has 1 aliphatic carbocycles. The fourth-order valence-corrected chi connectivity index (χ4v) is 3.79. The molecule has 2 aliphatic rings. The zero-order valence-corrected chi connectivity index (χ0v) is 18.4. The van der Waals surface area contributed by atoms with Crippen LogP contribution in [0.1, 0.15) is 38.2 Å². The molecule has 0 bridgehead atoms. The molecular formula is C20H29ClIN3O. The summed E-state index contributed by atoms with van der Waals surface area (Å²) in [5, 5.41) is 7.73. The quantitative estimate of drug-likeness (QED) is 0.281. The van der Waals surface area contributed by atoms with E-state index in [0.29, 0.717) is 6.04 Å². The highest BCUT2D eigenvalue weighted by atomic mass is 127. The maximum absolute atomic E-state index is 6.25. The molecule has 0 unspecified atom stereocenters. The lowest BCUT2D eigenvalue weighted by molar-refractivity contribution is 0.0531. The molecule has 26 heavy (non-hydrogen) atoms. The van der Waals surface area contributed by atoms with E-state index in [-0.39, 0.29) is 29.4 Å². The number of benzene rings is 1. The van der Waals surface area contributed by atoms with Gasteiger partial charge in [-0.05, 0) is 50.3 Å². The molecule has 3 rings (SSSR count). The van der Waals surface area contributed by atoms with Gasteiger partial charge in [0, 0.05) is 36.2 Å². The number of halogens is 2. The number of ether oxygens (including phenoxy) is 1. The minimum atomic E-state index is -0.000568. The van der Waals surface area contributed by atoms with E-state index in [4.69, 9.17) is 21.3 Å². The third kappa shape index (κ3) is 5.60. The Hall–Kier alpha value is -0.790. The van der Waals surface area contributed by atoms with Gasteiger partial charge in [0.2, 0.25) is 0 Å². The molecular weight excluding hydrogens is 461 g/mol. The summed E-state index contributed by atoms with van der Waals surface area (Å²) in [6.07, 6.45) is 8.54. The van der Waals surface area contributed by atoms with Crippen LogP contribution in [-0.2, 0) is 10.2 Å². The molecule has 2 N–H and O–H groups in total. The number of nitrogens with zero attached hydrogens (tertiary/aromatic N) is 1. The van der Waals surface area contributed by atoms with Gasteiger partial charge in [-0.2, -0.15) is 0 Å². The number of guanidine groups is 1. The summed E-state index contributed by atoms with van der Waals surface area (Å²) in [5.74, 6) is 0.907. The Labute approximate surface area is 178 Å². The zero-order chi connectivity index (χ0) is 17.5. The summed E-state index contributed by atoms with van der Waals surface area (Å²) in [7, 11) is 0. The Morgan fingerprint density at radius 2 is 2.00 bits per heavy atom. The first-order chi connectivity index (χ1) is 12.2. The SMILES string of the molecule is CCNC(=NCC1(c2cccc(Cl)c2)CCOCC1)NC1CC=CC1.I. The van der Waals surface area contributed by atoms with E-state index < -0.39 is 0 Å². The van der Waals surface area contributed by atoms with Gasteiger partial charge in [-0.25, -0.2) is 0 Å². The minimum absolute atomic E-state index is 0. The van der Waals surface area contributed by atoms with Crippen LogP contribution in [0.3, 0.4) is 0 Å². The van der Waals surface area contributed by atoms with Crippen LogP contribution in [0.2, 0.25) is 5.02 Å². The molecule has 1 fully saturated rings. The summed E-state index contributed by atoms with van der Waals surface area (Å²) >= 11 is 6.25. The third-order valence-corrected chi connectivity index (χ3v) is 5.35. The highest BCUT2D eigenvalue weighted by Crippen LogP contribution is 2.36. The van der Waals surface area contributed by atoms with Crippen LogP contribution in [0.4, 0.5) is 0 Å². The number of rotatable bonds is 5. The second kappa shape index (κ2) is 10.5. The van der Waals surface area contributed by atoms with Crippen molar-refractivity contribution in [1.82, 2.24) is 10.6 Å². The molecule has 144 valence electrons. The molecule has 0 atom stereocenters. The van der Waals surface area contributed by atoms with E-state index in [1.807, 2.05) is 12.1 Å². The molecule has 0 radical (unpaired) electrons. The Morgan fingerprint density at radius 1 is 1.27 bits per heavy atom. The van der Waals surface area contributed by atoms with Crippen molar-refractivity contribution >= 4 is 41.5 Å². The van der Waals surface area contributed by atoms with Crippen molar-refractivity contribution in [3.05, 3.63) is 47.0 Å². The van der Waals surface area contributed by atoms with Crippen molar-refractivity contribution in [3.63, 3.8) is 0 Å². The third-order valence-electron chi connectivity index (χ3n) is 5.12. The zero-order valence-electron chi connectivity index (χ0n) is 15.3. The fraction of sp³-hybridized carbons (Fsp3) is 0.550. The molecule has 0 spiro atoms. The summed E-state index contributed by atoms with van der Waals surface area (Å²) < 4.78 is 5.62. The topological polar surface area (TPSA) is 45.7 Å². The van der Waals surface area contributed by atoms with E-state index >= 15 is 0 Å². The predicted octanol–water partition coefficient (Wildman–Crippen LogP) is 4.28. The molecule has 1 aliphatic heterocycles. The largest absolute Gasteiger partial charge is 0.381 e. The molecule has 0 aromatic heterocycles. The Kier molecular flexibility index (Phi) is 8.70. The smallest absolute Gasteiger partial charge is 0.191 e. The lowest BCUT2D eigenvalue weighted by Gasteiger charge is -2.37. The van der Waals surface area contributed by atoms with Crippen LogP contribution < -0.4 is 10.6 Å². The number of aliphatic imine (C=N–C) groups is 1. The van der Waals surface area contributed by atoms with Gasteiger partial charge in [0.05, 0.1) is 6.54 Å². The highest BCUT2D eigenvalue weighted by molar-refractivity contribution is 14.0. The Balaban J connectivity index is 0.00000243. The van der Waals surface area contributed by atoms with Gasteiger partial charge in [-0.1, -0.05) is 35.9 Å². The highest BCUT2D eigenvalue weighted by Gasteiger charge is 2.34. The average Bonchev–Trinajstić information content (AvgIpc) is 3.14. The molecule has 1 saturated heterocycles. The van der Waals surface area contributed by atoms with Crippen LogP contribution in [-0.4, -0.2) is 38.3 Å². The summed E-state index contributed by atoms with van der Waals surface area (Å²) in [4.78, 5) is 4.95. The van der Waals surface area contributed by atoms with Crippen molar-refractivity contribution < 1.29 is 4.74 Å². The first-order valence-electron chi connectivity index (χ1n) is 9.25. The fourth-order valence-electron chi connectivity index (χ4n) is 3.60. The van der Waals surface area contributed by atoms with Crippen molar-refractivity contribution in [3.8, 4) is 0 Å². The van der Waals surface area contributed by atoms with Gasteiger partial charge >= 0.3 is 0 Å². The minimum Gasteiger partial charge on any atom is -0.381 e. The second-order valence-corrected chi connectivity index (χ2v) is 7.32. The van der Waals surface area contributed by atoms with Crippen LogP contribution in [0.25, 0.3) is 0 Å². The number of hydrogen-bond acceptors (Lipinski definition) is 2. The summed E-state index contributed by atoms with van der Waals surface area (Å²) in [5.41, 5.74) is 1.27. The van der Waals surface area contributed by atoms with Crippen LogP contribution in [0.15, 0.2) is 41.4 Å². The van der Waals surface area contributed by atoms with Crippen molar-refractivity contribution in [1.29, 1.82) is 0 Å². The summed E-state index contributed by atoms with van der Waals surface area (Å²) in [6.45, 7) is 5.26. The molecule has 1 aromatic rings. The van der Waals surface area contributed by atoms with Crippen molar-refractivity contribution in [2.24, 2.45) is 4.99 Å². The molecule has 0 amide bonds. The first-order valence-corrected chi connectivity index (χ1v) is 9.63. The summed E-state index contributed by atoms with van der Waals surface area (Å²) in [6, 6.07) is 8.68. The number of hydrogen-bond donors (Lipinski definition) is 2. The van der Waals surface area contributed by atoms with Gasteiger partial charge in [-0.3, -0.25) is 4.99 Å². The van der Waals surface area contributed by atoms with E-state index in [1.54, 1.807) is 0 Å². The lowest BCUT2D eigenvalue weighted by atomic mass is 9.74. The lowest BCUT2D eigenvalue weighted by Crippen LogP contribution is -2.44. The Bertz CT molecular complexity index is 621. The van der Waals surface area contributed by atoms with E-state index in [9.17, 15) is 0 Å². The molecule has 6 heteroatoms. The second-order valence-electron chi connectivity index (χ2n) is 6.88. The standard InChI is InChI=1S/C20H28ClN3O.HI/c1-2-22-19(24-18-8-3-4-9-18)23-15-20(10-12-25-13-11-20)16-6-5-7-17(21)14-16;/h3-7,14,18H,2,8-13,15H2,1H3,(H2,22,23,24);1H. The van der Waals surface area contributed by atoms with E-state index in [1.165, 1.54) is 5.56 Å². The number of nitrogens with one attached hydrogen (secondary N) is 2. The Morgan fingerprint density at radius 3 is 2.65 bits per heavy atom. The molecule has 1 heterocycles. The van der Waals surface area contributed by atoms with Gasteiger partial charge in [0.15, 0.2) is 5.96 Å². The van der Waals surface area contributed by atoms with Crippen LogP contribution in [0.5, 0.6) is 0 Å². The van der Waals surface area contributed by atoms with Gasteiger partial charge in [0.25, 0.3) is 0 Å². The maximum atomic E-state index is 6.25. The van der Waals surface area contributed by atoms with Crippen molar-refractivity contribution in [2.75, 3.05) is 26.3 Å². The molecule has 4 nitrogen and oxygen atoms in total.